The summed E-state index contributed by atoms with van der Waals surface area (Å²) in [7, 11) is 1.67. The van der Waals surface area contributed by atoms with Crippen molar-refractivity contribution in [2.75, 3.05) is 53.0 Å². The number of rotatable bonds is 9. The molecular weight excluding hydrogens is 380 g/mol. The van der Waals surface area contributed by atoms with Gasteiger partial charge in [-0.15, -0.1) is 0 Å². The van der Waals surface area contributed by atoms with Crippen molar-refractivity contribution < 1.29 is 14.3 Å². The number of methoxy groups -OCH3 is 1. The first-order valence-corrected chi connectivity index (χ1v) is 11.5. The molecule has 7 nitrogen and oxygen atoms in total. The Morgan fingerprint density at radius 2 is 2.00 bits per heavy atom. The first-order valence-electron chi connectivity index (χ1n) is 11.5. The molecule has 2 aliphatic rings. The SMILES string of the molecule is CCN1CCC(CC(=O)N2CCCC(c3nc(C)ncc3COCCOC)C2)CC1. The Hall–Kier alpha value is -1.57. The lowest BCUT2D eigenvalue weighted by molar-refractivity contribution is -0.133. The summed E-state index contributed by atoms with van der Waals surface area (Å²) >= 11 is 0. The Kier molecular flexibility index (Phi) is 9.03. The van der Waals surface area contributed by atoms with Crippen LogP contribution in [0.3, 0.4) is 0 Å². The lowest BCUT2D eigenvalue weighted by Crippen LogP contribution is -2.41. The Bertz CT molecular complexity index is 676. The van der Waals surface area contributed by atoms with Crippen molar-refractivity contribution in [3.05, 3.63) is 23.3 Å². The van der Waals surface area contributed by atoms with Gasteiger partial charge in [-0.05, 0) is 58.2 Å². The summed E-state index contributed by atoms with van der Waals surface area (Å²) in [5.74, 6) is 1.88. The molecule has 3 heterocycles. The zero-order valence-corrected chi connectivity index (χ0v) is 18.9. The fraction of sp³-hybridized carbons (Fsp3) is 0.783. The third-order valence-electron chi connectivity index (χ3n) is 6.49. The van der Waals surface area contributed by atoms with Crippen LogP contribution >= 0.6 is 0 Å². The maximum absolute atomic E-state index is 13.0. The fourth-order valence-corrected chi connectivity index (χ4v) is 4.61. The molecule has 0 saturated carbocycles. The minimum Gasteiger partial charge on any atom is -0.382 e. The van der Waals surface area contributed by atoms with E-state index in [1.165, 1.54) is 0 Å². The Morgan fingerprint density at radius 1 is 1.20 bits per heavy atom. The molecule has 0 aromatic carbocycles. The van der Waals surface area contributed by atoms with Crippen molar-refractivity contribution in [3.8, 4) is 0 Å². The quantitative estimate of drug-likeness (QED) is 0.575. The van der Waals surface area contributed by atoms with Crippen LogP contribution in [-0.2, 0) is 20.9 Å². The number of carbonyl (C=O) groups is 1. The summed E-state index contributed by atoms with van der Waals surface area (Å²) in [6.07, 6.45) is 6.94. The highest BCUT2D eigenvalue weighted by Crippen LogP contribution is 2.30. The molecule has 30 heavy (non-hydrogen) atoms. The van der Waals surface area contributed by atoms with Gasteiger partial charge in [-0.2, -0.15) is 0 Å². The molecule has 1 aromatic heterocycles. The van der Waals surface area contributed by atoms with E-state index in [1.807, 2.05) is 13.1 Å². The van der Waals surface area contributed by atoms with E-state index in [0.29, 0.717) is 38.1 Å². The minimum absolute atomic E-state index is 0.257. The molecule has 7 heteroatoms. The third kappa shape index (κ3) is 6.46. The number of piperidine rings is 2. The largest absolute Gasteiger partial charge is 0.382 e. The molecule has 0 N–H and O–H groups in total. The van der Waals surface area contributed by atoms with Crippen molar-refractivity contribution in [2.45, 2.75) is 58.5 Å². The first kappa shape index (κ1) is 23.1. The normalized spacial score (nSPS) is 21.2. The minimum atomic E-state index is 0.257. The standard InChI is InChI=1S/C23H38N4O3/c1-4-26-10-7-19(8-11-26)14-22(28)27-9-5-6-20(16-27)23-21(15-24-18(2)25-23)17-30-13-12-29-3/h15,19-20H,4-14,16-17H2,1-3H3. The van der Waals surface area contributed by atoms with Crippen LogP contribution in [0.2, 0.25) is 0 Å². The van der Waals surface area contributed by atoms with Gasteiger partial charge in [-0.3, -0.25) is 4.79 Å². The zero-order valence-electron chi connectivity index (χ0n) is 18.9. The van der Waals surface area contributed by atoms with E-state index in [1.54, 1.807) is 7.11 Å². The van der Waals surface area contributed by atoms with E-state index in [9.17, 15) is 4.79 Å². The number of likely N-dealkylation sites (tertiary alicyclic amines) is 2. The number of aryl methyl sites for hydroxylation is 1. The van der Waals surface area contributed by atoms with Crippen LogP contribution in [0.15, 0.2) is 6.20 Å². The van der Waals surface area contributed by atoms with Crippen LogP contribution in [0.4, 0.5) is 0 Å². The summed E-state index contributed by atoms with van der Waals surface area (Å²) in [4.78, 5) is 26.7. The summed E-state index contributed by atoms with van der Waals surface area (Å²) in [5, 5.41) is 0. The molecule has 168 valence electrons. The maximum Gasteiger partial charge on any atom is 0.222 e. The summed E-state index contributed by atoms with van der Waals surface area (Å²) in [5.41, 5.74) is 2.08. The molecule has 2 fully saturated rings. The summed E-state index contributed by atoms with van der Waals surface area (Å²) in [6, 6.07) is 0. The van der Waals surface area contributed by atoms with Gasteiger partial charge in [0.15, 0.2) is 0 Å². The van der Waals surface area contributed by atoms with Gasteiger partial charge in [0.05, 0.1) is 25.5 Å². The molecule has 1 unspecified atom stereocenters. The summed E-state index contributed by atoms with van der Waals surface area (Å²) in [6.45, 7) is 10.7. The predicted octanol–water partition coefficient (Wildman–Crippen LogP) is 2.78. The first-order chi connectivity index (χ1) is 14.6. The molecule has 0 spiro atoms. The van der Waals surface area contributed by atoms with Crippen LogP contribution in [-0.4, -0.2) is 78.7 Å². The van der Waals surface area contributed by atoms with E-state index >= 15 is 0 Å². The highest BCUT2D eigenvalue weighted by Gasteiger charge is 2.29. The molecule has 3 rings (SSSR count). The number of hydrogen-bond donors (Lipinski definition) is 0. The lowest BCUT2D eigenvalue weighted by Gasteiger charge is -2.35. The Balaban J connectivity index is 1.58. The molecule has 0 radical (unpaired) electrons. The van der Waals surface area contributed by atoms with Gasteiger partial charge in [-0.25, -0.2) is 9.97 Å². The fourth-order valence-electron chi connectivity index (χ4n) is 4.61. The average molecular weight is 419 g/mol. The molecule has 2 saturated heterocycles. The number of aromatic nitrogens is 2. The number of carbonyl (C=O) groups excluding carboxylic acids is 1. The summed E-state index contributed by atoms with van der Waals surface area (Å²) < 4.78 is 10.8. The monoisotopic (exact) mass is 418 g/mol. The van der Waals surface area contributed by atoms with Gasteiger partial charge < -0.3 is 19.3 Å². The van der Waals surface area contributed by atoms with Crippen LogP contribution in [0.1, 0.15) is 62.0 Å². The molecule has 1 atom stereocenters. The highest BCUT2D eigenvalue weighted by atomic mass is 16.5. The van der Waals surface area contributed by atoms with Gasteiger partial charge in [0, 0.05) is 44.3 Å². The number of ether oxygens (including phenoxy) is 2. The Labute approximate surface area is 181 Å². The van der Waals surface area contributed by atoms with Gasteiger partial charge in [0.1, 0.15) is 5.82 Å². The van der Waals surface area contributed by atoms with Crippen molar-refractivity contribution in [3.63, 3.8) is 0 Å². The van der Waals surface area contributed by atoms with E-state index in [4.69, 9.17) is 14.5 Å². The molecular formula is C23H38N4O3. The average Bonchev–Trinajstić information content (AvgIpc) is 2.78. The van der Waals surface area contributed by atoms with Crippen LogP contribution in [0, 0.1) is 12.8 Å². The van der Waals surface area contributed by atoms with E-state index in [-0.39, 0.29) is 5.92 Å². The number of nitrogens with zero attached hydrogens (tertiary/aromatic N) is 4. The maximum atomic E-state index is 13.0. The third-order valence-corrected chi connectivity index (χ3v) is 6.49. The molecule has 2 aliphatic heterocycles. The second-order valence-electron chi connectivity index (χ2n) is 8.63. The number of amides is 1. The molecule has 0 bridgehead atoms. The predicted molar refractivity (Wildman–Crippen MR) is 116 cm³/mol. The van der Waals surface area contributed by atoms with Gasteiger partial charge >= 0.3 is 0 Å². The van der Waals surface area contributed by atoms with Crippen LogP contribution in [0.5, 0.6) is 0 Å². The Morgan fingerprint density at radius 3 is 2.73 bits per heavy atom. The molecule has 1 aromatic rings. The van der Waals surface area contributed by atoms with Crippen molar-refractivity contribution in [2.24, 2.45) is 5.92 Å². The molecule has 1 amide bonds. The molecule has 0 aliphatic carbocycles. The van der Waals surface area contributed by atoms with E-state index in [2.05, 4.69) is 21.7 Å². The highest BCUT2D eigenvalue weighted by molar-refractivity contribution is 5.76. The van der Waals surface area contributed by atoms with Gasteiger partial charge in [-0.1, -0.05) is 6.92 Å². The van der Waals surface area contributed by atoms with Gasteiger partial charge in [0.2, 0.25) is 5.91 Å². The van der Waals surface area contributed by atoms with E-state index < -0.39 is 0 Å². The zero-order chi connectivity index (χ0) is 21.3. The van der Waals surface area contributed by atoms with E-state index in [0.717, 1.165) is 75.5 Å². The smallest absolute Gasteiger partial charge is 0.222 e. The van der Waals surface area contributed by atoms with Crippen LogP contribution in [0.25, 0.3) is 0 Å². The van der Waals surface area contributed by atoms with Crippen molar-refractivity contribution in [1.29, 1.82) is 0 Å². The van der Waals surface area contributed by atoms with Crippen molar-refractivity contribution >= 4 is 5.91 Å². The number of hydrogen-bond acceptors (Lipinski definition) is 6. The van der Waals surface area contributed by atoms with Crippen molar-refractivity contribution in [1.82, 2.24) is 19.8 Å². The second-order valence-corrected chi connectivity index (χ2v) is 8.63. The topological polar surface area (TPSA) is 67.8 Å². The lowest BCUT2D eigenvalue weighted by atomic mass is 9.90. The second kappa shape index (κ2) is 11.7. The van der Waals surface area contributed by atoms with Gasteiger partial charge in [0.25, 0.3) is 0 Å². The van der Waals surface area contributed by atoms with Crippen LogP contribution < -0.4 is 0 Å².